The van der Waals surface area contributed by atoms with Crippen LogP contribution in [0.4, 0.5) is 0 Å². The molecular formula is C14H14S2. The predicted molar refractivity (Wildman–Crippen MR) is 74.8 cm³/mol. The zero-order chi connectivity index (χ0) is 11.4. The van der Waals surface area contributed by atoms with Crippen molar-refractivity contribution in [2.75, 3.05) is 0 Å². The molecule has 1 aromatic rings. The van der Waals surface area contributed by atoms with Crippen molar-refractivity contribution >= 4 is 23.5 Å². The Hall–Kier alpha value is -0.860. The fourth-order valence-electron chi connectivity index (χ4n) is 1.49. The highest BCUT2D eigenvalue weighted by molar-refractivity contribution is 8.09. The Kier molecular flexibility index (Phi) is 3.97. The van der Waals surface area contributed by atoms with Crippen LogP contribution < -0.4 is 0 Å². The van der Waals surface area contributed by atoms with Gasteiger partial charge in [-0.2, -0.15) is 0 Å². The molecule has 1 aliphatic heterocycles. The number of allylic oxidation sites excluding steroid dienone is 4. The van der Waals surface area contributed by atoms with Gasteiger partial charge in [-0.05, 0) is 26.0 Å². The van der Waals surface area contributed by atoms with E-state index in [9.17, 15) is 0 Å². The molecular weight excluding hydrogens is 232 g/mol. The average molecular weight is 246 g/mol. The summed E-state index contributed by atoms with van der Waals surface area (Å²) in [7, 11) is 0. The molecule has 0 amide bonds. The topological polar surface area (TPSA) is 0 Å². The van der Waals surface area contributed by atoms with Crippen molar-refractivity contribution in [3.8, 4) is 0 Å². The summed E-state index contributed by atoms with van der Waals surface area (Å²) in [6, 6.07) is 8.56. The lowest BCUT2D eigenvalue weighted by Gasteiger charge is -2.17. The second-order valence-electron chi connectivity index (χ2n) is 3.38. The second-order valence-corrected chi connectivity index (χ2v) is 5.55. The molecule has 0 unspecified atom stereocenters. The first-order valence-electron chi connectivity index (χ1n) is 5.29. The van der Waals surface area contributed by atoms with E-state index in [1.54, 1.807) is 0 Å². The number of rotatable bonds is 2. The summed E-state index contributed by atoms with van der Waals surface area (Å²) in [4.78, 5) is 5.39. The molecule has 0 nitrogen and oxygen atoms in total. The zero-order valence-corrected chi connectivity index (χ0v) is 11.1. The largest absolute Gasteiger partial charge is 0.0877 e. The Morgan fingerprint density at radius 1 is 0.812 bits per heavy atom. The SMILES string of the molecule is C/C=C\C1=C(/C=C\C)Sc2ccccc2S1. The molecule has 0 N–H and O–H groups in total. The molecule has 2 heteroatoms. The third-order valence-electron chi connectivity index (χ3n) is 2.17. The molecule has 2 rings (SSSR count). The van der Waals surface area contributed by atoms with Crippen LogP contribution in [0.5, 0.6) is 0 Å². The molecule has 1 aliphatic rings. The number of benzene rings is 1. The van der Waals surface area contributed by atoms with Crippen molar-refractivity contribution < 1.29 is 0 Å². The normalized spacial score (nSPS) is 16.1. The summed E-state index contributed by atoms with van der Waals surface area (Å²) in [5.74, 6) is 0. The van der Waals surface area contributed by atoms with Gasteiger partial charge >= 0.3 is 0 Å². The van der Waals surface area contributed by atoms with Gasteiger partial charge in [0.15, 0.2) is 0 Å². The highest BCUT2D eigenvalue weighted by Gasteiger charge is 2.15. The third-order valence-corrected chi connectivity index (χ3v) is 4.73. The zero-order valence-electron chi connectivity index (χ0n) is 9.44. The van der Waals surface area contributed by atoms with Crippen molar-refractivity contribution in [1.82, 2.24) is 0 Å². The number of fused-ring (bicyclic) bond motifs is 1. The Morgan fingerprint density at radius 3 is 1.62 bits per heavy atom. The van der Waals surface area contributed by atoms with Crippen LogP contribution in [0.2, 0.25) is 0 Å². The maximum atomic E-state index is 2.18. The summed E-state index contributed by atoms with van der Waals surface area (Å²) in [5.41, 5.74) is 0. The van der Waals surface area contributed by atoms with Crippen molar-refractivity contribution in [3.63, 3.8) is 0 Å². The van der Waals surface area contributed by atoms with E-state index in [-0.39, 0.29) is 0 Å². The van der Waals surface area contributed by atoms with E-state index in [2.05, 4.69) is 62.4 Å². The molecule has 0 spiro atoms. The van der Waals surface area contributed by atoms with Gasteiger partial charge in [0.25, 0.3) is 0 Å². The number of hydrogen-bond acceptors (Lipinski definition) is 2. The molecule has 0 bridgehead atoms. The quantitative estimate of drug-likeness (QED) is 0.699. The maximum Gasteiger partial charge on any atom is 0.0262 e. The van der Waals surface area contributed by atoms with Gasteiger partial charge in [0.2, 0.25) is 0 Å². The lowest BCUT2D eigenvalue weighted by Crippen LogP contribution is -1.89. The highest BCUT2D eigenvalue weighted by atomic mass is 32.2. The average Bonchev–Trinajstić information content (AvgIpc) is 2.30. The molecule has 0 atom stereocenters. The lowest BCUT2D eigenvalue weighted by atomic mass is 10.4. The van der Waals surface area contributed by atoms with Gasteiger partial charge in [-0.1, -0.05) is 60.0 Å². The van der Waals surface area contributed by atoms with Crippen molar-refractivity contribution in [3.05, 3.63) is 58.4 Å². The Morgan fingerprint density at radius 2 is 1.25 bits per heavy atom. The molecule has 0 aromatic heterocycles. The lowest BCUT2D eigenvalue weighted by molar-refractivity contribution is 1.25. The molecule has 0 saturated carbocycles. The van der Waals surface area contributed by atoms with Crippen LogP contribution in [0.25, 0.3) is 0 Å². The molecule has 1 aromatic carbocycles. The van der Waals surface area contributed by atoms with Crippen molar-refractivity contribution in [1.29, 1.82) is 0 Å². The predicted octanol–water partition coefficient (Wildman–Crippen LogP) is 5.25. The monoisotopic (exact) mass is 246 g/mol. The molecule has 1 heterocycles. The van der Waals surface area contributed by atoms with E-state index in [0.29, 0.717) is 0 Å². The summed E-state index contributed by atoms with van der Waals surface area (Å²) in [6.45, 7) is 4.12. The second kappa shape index (κ2) is 5.46. The first kappa shape index (κ1) is 11.6. The van der Waals surface area contributed by atoms with Crippen LogP contribution in [0, 0.1) is 0 Å². The van der Waals surface area contributed by atoms with Gasteiger partial charge in [0.1, 0.15) is 0 Å². The number of thioether (sulfide) groups is 2. The molecule has 0 aliphatic carbocycles. The summed E-state index contributed by atoms with van der Waals surface area (Å²) in [6.07, 6.45) is 8.56. The summed E-state index contributed by atoms with van der Waals surface area (Å²) in [5, 5.41) is 0. The van der Waals surface area contributed by atoms with Crippen LogP contribution in [-0.2, 0) is 0 Å². The smallest absolute Gasteiger partial charge is 0.0262 e. The molecule has 0 saturated heterocycles. The summed E-state index contributed by atoms with van der Waals surface area (Å²) >= 11 is 3.70. The van der Waals surface area contributed by atoms with Gasteiger partial charge in [-0.15, -0.1) is 0 Å². The summed E-state index contributed by atoms with van der Waals surface area (Å²) < 4.78 is 0. The molecule has 82 valence electrons. The first-order chi connectivity index (χ1) is 7.85. The molecule has 16 heavy (non-hydrogen) atoms. The minimum absolute atomic E-state index is 1.34. The first-order valence-corrected chi connectivity index (χ1v) is 6.93. The van der Waals surface area contributed by atoms with E-state index >= 15 is 0 Å². The van der Waals surface area contributed by atoms with E-state index in [4.69, 9.17) is 0 Å². The molecule has 0 fully saturated rings. The van der Waals surface area contributed by atoms with Crippen molar-refractivity contribution in [2.24, 2.45) is 0 Å². The maximum absolute atomic E-state index is 2.18. The minimum Gasteiger partial charge on any atom is -0.0877 e. The minimum atomic E-state index is 1.34. The van der Waals surface area contributed by atoms with Crippen LogP contribution in [0.1, 0.15) is 13.8 Å². The Balaban J connectivity index is 2.40. The van der Waals surface area contributed by atoms with E-state index < -0.39 is 0 Å². The molecule has 0 radical (unpaired) electrons. The van der Waals surface area contributed by atoms with Gasteiger partial charge in [0, 0.05) is 19.6 Å². The van der Waals surface area contributed by atoms with E-state index in [1.807, 2.05) is 23.5 Å². The highest BCUT2D eigenvalue weighted by Crippen LogP contribution is 2.47. The van der Waals surface area contributed by atoms with E-state index in [1.165, 1.54) is 19.6 Å². The van der Waals surface area contributed by atoms with Gasteiger partial charge in [-0.25, -0.2) is 0 Å². The van der Waals surface area contributed by atoms with Crippen LogP contribution in [0.15, 0.2) is 68.2 Å². The van der Waals surface area contributed by atoms with Crippen molar-refractivity contribution in [2.45, 2.75) is 23.6 Å². The Bertz CT molecular complexity index is 424. The standard InChI is InChI=1S/C14H14S2/c1-3-7-11-12(8-4-2)16-14-10-6-5-9-13(14)15-11/h3-10H,1-2H3/b7-3-,8-4-. The van der Waals surface area contributed by atoms with Gasteiger partial charge in [0.05, 0.1) is 0 Å². The van der Waals surface area contributed by atoms with Crippen LogP contribution in [0.3, 0.4) is 0 Å². The fraction of sp³-hybridized carbons (Fsp3) is 0.143. The Labute approximate surface area is 106 Å². The fourth-order valence-corrected chi connectivity index (χ4v) is 3.84. The third kappa shape index (κ3) is 2.45. The van der Waals surface area contributed by atoms with E-state index in [0.717, 1.165) is 0 Å². The van der Waals surface area contributed by atoms with Gasteiger partial charge in [-0.3, -0.25) is 0 Å². The number of hydrogen-bond donors (Lipinski definition) is 0. The van der Waals surface area contributed by atoms with Gasteiger partial charge < -0.3 is 0 Å². The van der Waals surface area contributed by atoms with Crippen LogP contribution >= 0.6 is 23.5 Å². The van der Waals surface area contributed by atoms with Crippen LogP contribution in [-0.4, -0.2) is 0 Å².